The summed E-state index contributed by atoms with van der Waals surface area (Å²) in [5, 5.41) is 0. The van der Waals surface area contributed by atoms with Crippen LogP contribution in [-0.4, -0.2) is 24.5 Å². The molecule has 3 heteroatoms. The first-order valence-corrected chi connectivity index (χ1v) is 8.29. The first-order chi connectivity index (χ1) is 9.24. The minimum absolute atomic E-state index is 0.299. The maximum atomic E-state index is 6.17. The van der Waals surface area contributed by atoms with Crippen LogP contribution < -0.4 is 5.73 Å². The van der Waals surface area contributed by atoms with Crippen LogP contribution in [0.25, 0.3) is 0 Å². The van der Waals surface area contributed by atoms with Crippen molar-refractivity contribution in [3.63, 3.8) is 0 Å². The number of hydrogen-bond acceptors (Lipinski definition) is 3. The van der Waals surface area contributed by atoms with Crippen molar-refractivity contribution >= 4 is 11.8 Å². The van der Waals surface area contributed by atoms with Crippen LogP contribution in [0.15, 0.2) is 29.2 Å². The normalized spacial score (nSPS) is 20.6. The number of benzene rings is 1. The number of hydrogen-bond donors (Lipinski definition) is 1. The summed E-state index contributed by atoms with van der Waals surface area (Å²) in [5.74, 6) is 1.01. The van der Waals surface area contributed by atoms with Crippen molar-refractivity contribution in [3.8, 4) is 0 Å². The van der Waals surface area contributed by atoms with Gasteiger partial charge in [0, 0.05) is 23.3 Å². The molecule has 0 spiro atoms. The van der Waals surface area contributed by atoms with Gasteiger partial charge in [0.2, 0.25) is 0 Å². The van der Waals surface area contributed by atoms with Crippen LogP contribution in [0.4, 0.5) is 0 Å². The molecule has 1 fully saturated rings. The lowest BCUT2D eigenvalue weighted by atomic mass is 10.1. The van der Waals surface area contributed by atoms with Gasteiger partial charge < -0.3 is 10.5 Å². The first kappa shape index (κ1) is 14.9. The predicted octanol–water partition coefficient (Wildman–Crippen LogP) is 3.76. The average molecular weight is 279 g/mol. The highest BCUT2D eigenvalue weighted by atomic mass is 32.2. The molecule has 2 rings (SSSR count). The Morgan fingerprint density at radius 1 is 1.37 bits per heavy atom. The molecule has 1 heterocycles. The van der Waals surface area contributed by atoms with E-state index in [1.54, 1.807) is 0 Å². The highest BCUT2D eigenvalue weighted by Crippen LogP contribution is 2.21. The zero-order valence-corrected chi connectivity index (χ0v) is 12.6. The monoisotopic (exact) mass is 279 g/mol. The molecular formula is C16H25NOS. The van der Waals surface area contributed by atoms with E-state index < -0.39 is 0 Å². The number of aryl methyl sites for hydroxylation is 1. The summed E-state index contributed by atoms with van der Waals surface area (Å²) in [6.07, 6.45) is 6.48. The molecule has 0 saturated carbocycles. The molecule has 0 bridgehead atoms. The van der Waals surface area contributed by atoms with Gasteiger partial charge in [0.05, 0.1) is 6.10 Å². The lowest BCUT2D eigenvalue weighted by molar-refractivity contribution is 0.102. The number of nitrogens with two attached hydrogens (primary N) is 1. The predicted molar refractivity (Wildman–Crippen MR) is 82.7 cm³/mol. The van der Waals surface area contributed by atoms with E-state index in [9.17, 15) is 0 Å². The van der Waals surface area contributed by atoms with E-state index in [0.717, 1.165) is 18.8 Å². The molecule has 0 radical (unpaired) electrons. The lowest BCUT2D eigenvalue weighted by Gasteiger charge is -2.13. The fourth-order valence-electron chi connectivity index (χ4n) is 2.40. The van der Waals surface area contributed by atoms with Crippen LogP contribution in [0, 0.1) is 6.92 Å². The van der Waals surface area contributed by atoms with Gasteiger partial charge in [0.15, 0.2) is 0 Å². The SMILES string of the molecule is Cc1ccc(SCC(N)CCCC2CCCO2)cc1. The molecule has 0 amide bonds. The molecule has 2 nitrogen and oxygen atoms in total. The second kappa shape index (κ2) is 7.93. The van der Waals surface area contributed by atoms with Gasteiger partial charge in [-0.15, -0.1) is 11.8 Å². The van der Waals surface area contributed by atoms with Gasteiger partial charge in [-0.3, -0.25) is 0 Å². The highest BCUT2D eigenvalue weighted by molar-refractivity contribution is 7.99. The van der Waals surface area contributed by atoms with Gasteiger partial charge in [-0.2, -0.15) is 0 Å². The van der Waals surface area contributed by atoms with E-state index in [1.165, 1.54) is 36.1 Å². The van der Waals surface area contributed by atoms with E-state index in [0.29, 0.717) is 12.1 Å². The maximum Gasteiger partial charge on any atom is 0.0576 e. The van der Waals surface area contributed by atoms with Crippen LogP contribution in [0.5, 0.6) is 0 Å². The minimum atomic E-state index is 0.299. The third-order valence-corrected chi connectivity index (χ3v) is 4.81. The van der Waals surface area contributed by atoms with Crippen LogP contribution in [0.3, 0.4) is 0 Å². The van der Waals surface area contributed by atoms with Gasteiger partial charge >= 0.3 is 0 Å². The quantitative estimate of drug-likeness (QED) is 0.772. The Balaban J connectivity index is 1.58. The molecule has 0 aromatic heterocycles. The standard InChI is InChI=1S/C16H25NOS/c1-13-7-9-16(10-8-13)19-12-14(17)4-2-5-15-6-3-11-18-15/h7-10,14-15H,2-6,11-12,17H2,1H3. The minimum Gasteiger partial charge on any atom is -0.378 e. The van der Waals surface area contributed by atoms with E-state index in [-0.39, 0.29) is 0 Å². The van der Waals surface area contributed by atoms with E-state index >= 15 is 0 Å². The third kappa shape index (κ3) is 5.55. The summed E-state index contributed by atoms with van der Waals surface area (Å²) in [5.41, 5.74) is 7.48. The number of rotatable bonds is 7. The molecule has 2 N–H and O–H groups in total. The van der Waals surface area contributed by atoms with Crippen LogP contribution in [-0.2, 0) is 4.74 Å². The van der Waals surface area contributed by atoms with Crippen molar-refractivity contribution in [2.75, 3.05) is 12.4 Å². The Kier molecular flexibility index (Phi) is 6.21. The van der Waals surface area contributed by atoms with Gasteiger partial charge in [-0.05, 0) is 51.2 Å². The molecule has 2 atom stereocenters. The topological polar surface area (TPSA) is 35.2 Å². The molecular weight excluding hydrogens is 254 g/mol. The molecule has 1 aromatic carbocycles. The van der Waals surface area contributed by atoms with Crippen molar-refractivity contribution in [3.05, 3.63) is 29.8 Å². The summed E-state index contributed by atoms with van der Waals surface area (Å²) in [6, 6.07) is 8.97. The average Bonchev–Trinajstić information content (AvgIpc) is 2.91. The van der Waals surface area contributed by atoms with Crippen molar-refractivity contribution in [1.29, 1.82) is 0 Å². The smallest absolute Gasteiger partial charge is 0.0576 e. The molecule has 19 heavy (non-hydrogen) atoms. The highest BCUT2D eigenvalue weighted by Gasteiger charge is 2.15. The fourth-order valence-corrected chi connectivity index (χ4v) is 3.30. The largest absolute Gasteiger partial charge is 0.378 e. The molecule has 1 saturated heterocycles. The molecule has 0 aliphatic carbocycles. The summed E-state index contributed by atoms with van der Waals surface area (Å²) in [7, 11) is 0. The van der Waals surface area contributed by atoms with Crippen molar-refractivity contribution in [2.24, 2.45) is 5.73 Å². The van der Waals surface area contributed by atoms with E-state index in [1.807, 2.05) is 11.8 Å². The second-order valence-electron chi connectivity index (χ2n) is 5.45. The summed E-state index contributed by atoms with van der Waals surface area (Å²) >= 11 is 1.86. The summed E-state index contributed by atoms with van der Waals surface area (Å²) in [4.78, 5) is 1.32. The first-order valence-electron chi connectivity index (χ1n) is 7.30. The Bertz CT molecular complexity index is 360. The summed E-state index contributed by atoms with van der Waals surface area (Å²) in [6.45, 7) is 3.07. The molecule has 2 unspecified atom stereocenters. The lowest BCUT2D eigenvalue weighted by Crippen LogP contribution is -2.23. The van der Waals surface area contributed by atoms with Gasteiger partial charge in [0.1, 0.15) is 0 Å². The van der Waals surface area contributed by atoms with Crippen LogP contribution in [0.1, 0.15) is 37.7 Å². The Hall–Kier alpha value is -0.510. The third-order valence-electron chi connectivity index (χ3n) is 3.61. The Morgan fingerprint density at radius 3 is 2.84 bits per heavy atom. The summed E-state index contributed by atoms with van der Waals surface area (Å²) < 4.78 is 5.63. The fraction of sp³-hybridized carbons (Fsp3) is 0.625. The zero-order chi connectivity index (χ0) is 13.5. The second-order valence-corrected chi connectivity index (χ2v) is 6.54. The van der Waals surface area contributed by atoms with E-state index in [4.69, 9.17) is 10.5 Å². The molecule has 106 valence electrons. The molecule has 1 aromatic rings. The molecule has 1 aliphatic heterocycles. The van der Waals surface area contributed by atoms with Crippen molar-refractivity contribution in [2.45, 2.75) is 56.1 Å². The van der Waals surface area contributed by atoms with Gasteiger partial charge in [-0.1, -0.05) is 17.7 Å². The van der Waals surface area contributed by atoms with Crippen molar-refractivity contribution in [1.82, 2.24) is 0 Å². The van der Waals surface area contributed by atoms with Gasteiger partial charge in [0.25, 0.3) is 0 Å². The van der Waals surface area contributed by atoms with E-state index in [2.05, 4.69) is 31.2 Å². The number of thioether (sulfide) groups is 1. The van der Waals surface area contributed by atoms with Crippen LogP contribution >= 0.6 is 11.8 Å². The Morgan fingerprint density at radius 2 is 2.16 bits per heavy atom. The maximum absolute atomic E-state index is 6.17. The number of ether oxygens (including phenoxy) is 1. The van der Waals surface area contributed by atoms with Crippen LogP contribution in [0.2, 0.25) is 0 Å². The van der Waals surface area contributed by atoms with Crippen molar-refractivity contribution < 1.29 is 4.74 Å². The van der Waals surface area contributed by atoms with Gasteiger partial charge in [-0.25, -0.2) is 0 Å². The molecule has 1 aliphatic rings. The Labute approximate surface area is 121 Å². The zero-order valence-electron chi connectivity index (χ0n) is 11.8.